The largest absolute Gasteiger partial charge is 0.378 e. The van der Waals surface area contributed by atoms with Crippen LogP contribution in [0.2, 0.25) is 10.0 Å². The summed E-state index contributed by atoms with van der Waals surface area (Å²) < 4.78 is 5.47. The second kappa shape index (κ2) is 10.7. The number of nitro groups is 1. The topological polar surface area (TPSA) is 144 Å². The number of ether oxygens (including phenoxy) is 1. The number of hydrogen-bond acceptors (Lipinski definition) is 10. The predicted octanol–water partition coefficient (Wildman–Crippen LogP) is 3.70. The van der Waals surface area contributed by atoms with Gasteiger partial charge in [0.1, 0.15) is 11.5 Å². The van der Waals surface area contributed by atoms with Gasteiger partial charge < -0.3 is 26.0 Å². The molecular formula is C21H22Cl2N8O3. The first kappa shape index (κ1) is 23.7. The van der Waals surface area contributed by atoms with E-state index in [0.29, 0.717) is 53.8 Å². The Labute approximate surface area is 205 Å². The molecule has 13 heteroatoms. The monoisotopic (exact) mass is 504 g/mol. The minimum atomic E-state index is -0.573. The number of hydrogen-bond donors (Lipinski definition) is 3. The lowest BCUT2D eigenvalue weighted by atomic mass is 10.1. The van der Waals surface area contributed by atoms with E-state index in [4.69, 9.17) is 38.7 Å². The van der Waals surface area contributed by atoms with Gasteiger partial charge in [0.15, 0.2) is 0 Å². The van der Waals surface area contributed by atoms with Crippen molar-refractivity contribution in [3.05, 3.63) is 56.7 Å². The molecule has 4 rings (SSSR count). The van der Waals surface area contributed by atoms with Crippen molar-refractivity contribution in [3.8, 4) is 11.3 Å². The van der Waals surface area contributed by atoms with Gasteiger partial charge in [-0.05, 0) is 24.3 Å². The molecule has 178 valence electrons. The predicted molar refractivity (Wildman–Crippen MR) is 133 cm³/mol. The van der Waals surface area contributed by atoms with Crippen molar-refractivity contribution < 1.29 is 9.66 Å². The van der Waals surface area contributed by atoms with Crippen LogP contribution in [0, 0.1) is 10.1 Å². The Morgan fingerprint density at radius 1 is 1.12 bits per heavy atom. The molecule has 1 fully saturated rings. The fourth-order valence-corrected chi connectivity index (χ4v) is 3.96. The number of anilines is 4. The van der Waals surface area contributed by atoms with Gasteiger partial charge in [-0.3, -0.25) is 10.1 Å². The van der Waals surface area contributed by atoms with Crippen LogP contribution in [0.4, 0.5) is 29.0 Å². The molecule has 1 saturated heterocycles. The highest BCUT2D eigenvalue weighted by Gasteiger charge is 2.20. The lowest BCUT2D eigenvalue weighted by Crippen LogP contribution is -2.36. The van der Waals surface area contributed by atoms with Gasteiger partial charge in [0, 0.05) is 42.8 Å². The van der Waals surface area contributed by atoms with Gasteiger partial charge in [0.05, 0.1) is 35.0 Å². The second-order valence-electron chi connectivity index (χ2n) is 7.36. The third kappa shape index (κ3) is 5.56. The fourth-order valence-electron chi connectivity index (χ4n) is 3.46. The Balaban J connectivity index is 1.48. The number of nitrogens with one attached hydrogen (secondary N) is 2. The van der Waals surface area contributed by atoms with Crippen molar-refractivity contribution in [3.63, 3.8) is 0 Å². The van der Waals surface area contributed by atoms with E-state index in [1.54, 1.807) is 18.3 Å². The third-order valence-corrected chi connectivity index (χ3v) is 5.67. The summed E-state index contributed by atoms with van der Waals surface area (Å²) in [5.41, 5.74) is 7.70. The number of halogens is 2. The van der Waals surface area contributed by atoms with Crippen LogP contribution in [0.1, 0.15) is 0 Å². The number of pyridine rings is 1. The first-order valence-corrected chi connectivity index (χ1v) is 11.2. The molecule has 0 amide bonds. The fraction of sp³-hybridized carbons (Fsp3) is 0.286. The van der Waals surface area contributed by atoms with Gasteiger partial charge in [-0.1, -0.05) is 23.2 Å². The average Bonchev–Trinajstić information content (AvgIpc) is 2.82. The smallest absolute Gasteiger partial charge is 0.311 e. The molecule has 0 spiro atoms. The quantitative estimate of drug-likeness (QED) is 0.235. The lowest BCUT2D eigenvalue weighted by molar-refractivity contribution is -0.384. The molecule has 3 heterocycles. The summed E-state index contributed by atoms with van der Waals surface area (Å²) in [4.78, 5) is 25.6. The number of morpholine rings is 1. The molecule has 1 aliphatic heterocycles. The van der Waals surface area contributed by atoms with Crippen LogP contribution in [0.5, 0.6) is 0 Å². The molecule has 2 aromatic heterocycles. The highest BCUT2D eigenvalue weighted by atomic mass is 35.5. The minimum absolute atomic E-state index is 0.144. The Kier molecular flexibility index (Phi) is 7.46. The van der Waals surface area contributed by atoms with Crippen LogP contribution in [0.25, 0.3) is 11.3 Å². The van der Waals surface area contributed by atoms with Crippen LogP contribution in [-0.2, 0) is 4.74 Å². The summed E-state index contributed by atoms with van der Waals surface area (Å²) in [6, 6.07) is 8.11. The number of nitrogen functional groups attached to an aromatic ring is 1. The first-order valence-electron chi connectivity index (χ1n) is 10.5. The zero-order chi connectivity index (χ0) is 24.1. The molecule has 4 N–H and O–H groups in total. The standard InChI is InChI=1S/C21H22Cl2N8O3/c22-13-1-2-14(15(23)11-13)19-17(30-7-9-34-10-8-30)12-27-21(29-19)26-6-5-25-18-4-3-16(31(32)33)20(24)28-18/h1-4,11-12H,5-10H2,(H3,24,25,28)(H,26,27,29). The molecular weight excluding hydrogens is 483 g/mol. The molecule has 11 nitrogen and oxygen atoms in total. The van der Waals surface area contributed by atoms with Gasteiger partial charge >= 0.3 is 5.69 Å². The van der Waals surface area contributed by atoms with E-state index in [1.807, 2.05) is 6.07 Å². The Morgan fingerprint density at radius 3 is 2.59 bits per heavy atom. The average molecular weight is 505 g/mol. The van der Waals surface area contributed by atoms with Crippen molar-refractivity contribution in [2.24, 2.45) is 0 Å². The summed E-state index contributed by atoms with van der Waals surface area (Å²) in [5.74, 6) is 0.715. The maximum Gasteiger partial charge on any atom is 0.311 e. The van der Waals surface area contributed by atoms with Crippen molar-refractivity contribution >= 4 is 52.2 Å². The highest BCUT2D eigenvalue weighted by Crippen LogP contribution is 2.35. The van der Waals surface area contributed by atoms with Gasteiger partial charge in [-0.25, -0.2) is 15.0 Å². The molecule has 34 heavy (non-hydrogen) atoms. The zero-order valence-electron chi connectivity index (χ0n) is 18.0. The van der Waals surface area contributed by atoms with Gasteiger partial charge in [-0.2, -0.15) is 0 Å². The van der Waals surface area contributed by atoms with E-state index in [0.717, 1.165) is 24.3 Å². The maximum atomic E-state index is 10.9. The summed E-state index contributed by atoms with van der Waals surface area (Å²) in [5, 5.41) is 18.1. The van der Waals surface area contributed by atoms with E-state index in [2.05, 4.69) is 25.5 Å². The van der Waals surface area contributed by atoms with E-state index in [9.17, 15) is 10.1 Å². The van der Waals surface area contributed by atoms with Crippen molar-refractivity contribution in [1.82, 2.24) is 15.0 Å². The van der Waals surface area contributed by atoms with E-state index in [1.165, 1.54) is 12.1 Å². The van der Waals surface area contributed by atoms with Crippen LogP contribution < -0.4 is 21.3 Å². The third-order valence-electron chi connectivity index (χ3n) is 5.12. The molecule has 0 bridgehead atoms. The number of nitrogens with zero attached hydrogens (tertiary/aromatic N) is 5. The van der Waals surface area contributed by atoms with Crippen molar-refractivity contribution in [1.29, 1.82) is 0 Å². The molecule has 1 aromatic carbocycles. The maximum absolute atomic E-state index is 10.9. The molecule has 3 aromatic rings. The Hall–Kier alpha value is -3.41. The van der Waals surface area contributed by atoms with Crippen LogP contribution >= 0.6 is 23.2 Å². The zero-order valence-corrected chi connectivity index (χ0v) is 19.5. The summed E-state index contributed by atoms with van der Waals surface area (Å²) in [6.45, 7) is 3.62. The summed E-state index contributed by atoms with van der Waals surface area (Å²) in [6.07, 6.45) is 1.77. The molecule has 0 aliphatic carbocycles. The molecule has 0 atom stereocenters. The Morgan fingerprint density at radius 2 is 1.88 bits per heavy atom. The van der Waals surface area contributed by atoms with Crippen LogP contribution in [0.3, 0.4) is 0 Å². The SMILES string of the molecule is Nc1nc(NCCNc2ncc(N3CCOCC3)c(-c3ccc(Cl)cc3Cl)n2)ccc1[N+](=O)[O-]. The molecule has 1 aliphatic rings. The summed E-state index contributed by atoms with van der Waals surface area (Å²) >= 11 is 12.6. The van der Waals surface area contributed by atoms with Gasteiger partial charge in [-0.15, -0.1) is 0 Å². The van der Waals surface area contributed by atoms with Gasteiger partial charge in [0.2, 0.25) is 11.8 Å². The van der Waals surface area contributed by atoms with E-state index < -0.39 is 4.92 Å². The van der Waals surface area contributed by atoms with Crippen LogP contribution in [0.15, 0.2) is 36.5 Å². The normalized spacial score (nSPS) is 13.5. The van der Waals surface area contributed by atoms with Crippen molar-refractivity contribution in [2.45, 2.75) is 0 Å². The number of aromatic nitrogens is 3. The second-order valence-corrected chi connectivity index (χ2v) is 8.21. The molecule has 0 saturated carbocycles. The first-order chi connectivity index (χ1) is 16.4. The number of nitrogens with two attached hydrogens (primary N) is 1. The minimum Gasteiger partial charge on any atom is -0.378 e. The van der Waals surface area contributed by atoms with Gasteiger partial charge in [0.25, 0.3) is 0 Å². The summed E-state index contributed by atoms with van der Waals surface area (Å²) in [7, 11) is 0. The van der Waals surface area contributed by atoms with E-state index >= 15 is 0 Å². The van der Waals surface area contributed by atoms with E-state index in [-0.39, 0.29) is 11.5 Å². The molecule has 0 radical (unpaired) electrons. The number of benzene rings is 1. The molecule has 0 unspecified atom stereocenters. The Bertz CT molecular complexity index is 1190. The lowest BCUT2D eigenvalue weighted by Gasteiger charge is -2.30. The van der Waals surface area contributed by atoms with Crippen LogP contribution in [-0.4, -0.2) is 59.3 Å². The number of rotatable bonds is 8. The highest BCUT2D eigenvalue weighted by molar-refractivity contribution is 6.36. The van der Waals surface area contributed by atoms with Crippen molar-refractivity contribution in [2.75, 3.05) is 60.7 Å².